The van der Waals surface area contributed by atoms with Crippen molar-refractivity contribution < 1.29 is 0 Å². The lowest BCUT2D eigenvalue weighted by atomic mass is 9.55. The van der Waals surface area contributed by atoms with E-state index in [-0.39, 0.29) is 5.54 Å². The molecule has 0 atom stereocenters. The molecule has 2 bridgehead atoms. The molecule has 1 heteroatoms. The molecular formula is C12H23N. The molecule has 0 spiro atoms. The third kappa shape index (κ3) is 1.76. The molecule has 0 aromatic rings. The van der Waals surface area contributed by atoms with Crippen molar-refractivity contribution in [3.05, 3.63) is 0 Å². The highest BCUT2D eigenvalue weighted by Crippen LogP contribution is 2.54. The monoisotopic (exact) mass is 181 g/mol. The molecule has 0 aliphatic heterocycles. The van der Waals surface area contributed by atoms with Crippen LogP contribution in [0.15, 0.2) is 0 Å². The molecule has 0 heterocycles. The van der Waals surface area contributed by atoms with Gasteiger partial charge < -0.3 is 5.73 Å². The largest absolute Gasteiger partial charge is 0.325 e. The van der Waals surface area contributed by atoms with Gasteiger partial charge in [-0.3, -0.25) is 0 Å². The summed E-state index contributed by atoms with van der Waals surface area (Å²) in [5.74, 6) is 0.864. The third-order valence-electron chi connectivity index (χ3n) is 4.30. The van der Waals surface area contributed by atoms with E-state index in [2.05, 4.69) is 13.8 Å². The van der Waals surface area contributed by atoms with Gasteiger partial charge in [0.1, 0.15) is 0 Å². The lowest BCUT2D eigenvalue weighted by molar-refractivity contribution is 0.0273. The van der Waals surface area contributed by atoms with Crippen molar-refractivity contribution in [3.8, 4) is 0 Å². The van der Waals surface area contributed by atoms with Gasteiger partial charge in [-0.05, 0) is 56.3 Å². The molecular weight excluding hydrogens is 158 g/mol. The Bertz CT molecular complexity index is 171. The number of hydrogen-bond acceptors (Lipinski definition) is 1. The molecule has 3 rings (SSSR count). The zero-order valence-corrected chi connectivity index (χ0v) is 9.10. The Labute approximate surface area is 82.1 Å². The van der Waals surface area contributed by atoms with Gasteiger partial charge in [0.15, 0.2) is 0 Å². The quantitative estimate of drug-likeness (QED) is 0.696. The molecule has 1 nitrogen and oxygen atoms in total. The highest BCUT2D eigenvalue weighted by atomic mass is 14.8. The SMILES string of the molecule is CC(C)CC12CCC(N)(CC1)CC2. The first-order valence-corrected chi connectivity index (χ1v) is 5.83. The fourth-order valence-electron chi connectivity index (χ4n) is 3.46. The number of hydrogen-bond donors (Lipinski definition) is 1. The van der Waals surface area contributed by atoms with Crippen LogP contribution in [0.3, 0.4) is 0 Å². The minimum absolute atomic E-state index is 0.249. The van der Waals surface area contributed by atoms with Crippen LogP contribution in [0.4, 0.5) is 0 Å². The van der Waals surface area contributed by atoms with Gasteiger partial charge in [0.2, 0.25) is 0 Å². The van der Waals surface area contributed by atoms with E-state index in [1.807, 2.05) is 0 Å². The topological polar surface area (TPSA) is 26.0 Å². The molecule has 0 amide bonds. The molecule has 76 valence electrons. The zero-order chi connectivity index (χ0) is 9.53. The lowest BCUT2D eigenvalue weighted by Crippen LogP contribution is -2.52. The van der Waals surface area contributed by atoms with E-state index in [4.69, 9.17) is 5.73 Å². The van der Waals surface area contributed by atoms with Crippen LogP contribution in [0.1, 0.15) is 58.8 Å². The molecule has 3 saturated carbocycles. The Kier molecular flexibility index (Phi) is 2.18. The van der Waals surface area contributed by atoms with E-state index in [9.17, 15) is 0 Å². The number of nitrogens with two attached hydrogens (primary N) is 1. The smallest absolute Gasteiger partial charge is 0.0155 e. The van der Waals surface area contributed by atoms with Gasteiger partial charge in [0.05, 0.1) is 0 Å². The summed E-state index contributed by atoms with van der Waals surface area (Å²) in [6.07, 6.45) is 9.52. The van der Waals surface area contributed by atoms with Gasteiger partial charge in [-0.2, -0.15) is 0 Å². The van der Waals surface area contributed by atoms with Crippen molar-refractivity contribution in [1.82, 2.24) is 0 Å². The highest BCUT2D eigenvalue weighted by Gasteiger charge is 2.46. The maximum atomic E-state index is 6.29. The van der Waals surface area contributed by atoms with Crippen LogP contribution in [-0.4, -0.2) is 5.54 Å². The van der Waals surface area contributed by atoms with Crippen molar-refractivity contribution in [1.29, 1.82) is 0 Å². The molecule has 3 aliphatic carbocycles. The normalized spacial score (nSPS) is 44.3. The van der Waals surface area contributed by atoms with E-state index < -0.39 is 0 Å². The van der Waals surface area contributed by atoms with Crippen molar-refractivity contribution in [3.63, 3.8) is 0 Å². The fraction of sp³-hybridized carbons (Fsp3) is 1.00. The van der Waals surface area contributed by atoms with Crippen molar-refractivity contribution in [2.24, 2.45) is 17.1 Å². The van der Waals surface area contributed by atoms with Gasteiger partial charge in [-0.1, -0.05) is 13.8 Å². The summed E-state index contributed by atoms with van der Waals surface area (Å²) in [5, 5.41) is 0. The van der Waals surface area contributed by atoms with Gasteiger partial charge >= 0.3 is 0 Å². The minimum Gasteiger partial charge on any atom is -0.325 e. The maximum absolute atomic E-state index is 6.29. The van der Waals surface area contributed by atoms with Crippen LogP contribution in [0.5, 0.6) is 0 Å². The first kappa shape index (κ1) is 9.51. The van der Waals surface area contributed by atoms with Crippen LogP contribution in [0, 0.1) is 11.3 Å². The lowest BCUT2D eigenvalue weighted by Gasteiger charge is -2.52. The third-order valence-corrected chi connectivity index (χ3v) is 4.30. The predicted molar refractivity (Wildman–Crippen MR) is 56.5 cm³/mol. The summed E-state index contributed by atoms with van der Waals surface area (Å²) in [4.78, 5) is 0. The molecule has 0 saturated heterocycles. The molecule has 0 radical (unpaired) electrons. The molecule has 3 fully saturated rings. The molecule has 0 aromatic heterocycles. The molecule has 0 unspecified atom stereocenters. The molecule has 0 aromatic carbocycles. The first-order chi connectivity index (χ1) is 6.04. The second-order valence-corrected chi connectivity index (χ2v) is 5.96. The summed E-state index contributed by atoms with van der Waals surface area (Å²) in [7, 11) is 0. The van der Waals surface area contributed by atoms with Crippen LogP contribution < -0.4 is 5.73 Å². The molecule has 3 aliphatic rings. The average molecular weight is 181 g/mol. The highest BCUT2D eigenvalue weighted by molar-refractivity contribution is 5.02. The standard InChI is InChI=1S/C12H23N/c1-10(2)9-11-3-6-12(13,7-4-11)8-5-11/h10H,3-9,13H2,1-2H3. The van der Waals surface area contributed by atoms with E-state index in [0.717, 1.165) is 5.92 Å². The van der Waals surface area contributed by atoms with Crippen molar-refractivity contribution >= 4 is 0 Å². The van der Waals surface area contributed by atoms with Gasteiger partial charge in [-0.15, -0.1) is 0 Å². The summed E-state index contributed by atoms with van der Waals surface area (Å²) in [6.45, 7) is 4.71. The van der Waals surface area contributed by atoms with Crippen LogP contribution in [0.25, 0.3) is 0 Å². The van der Waals surface area contributed by atoms with Crippen LogP contribution >= 0.6 is 0 Å². The van der Waals surface area contributed by atoms with Gasteiger partial charge in [-0.25, -0.2) is 0 Å². The van der Waals surface area contributed by atoms with E-state index in [1.165, 1.54) is 44.9 Å². The van der Waals surface area contributed by atoms with Gasteiger partial charge in [0.25, 0.3) is 0 Å². The Morgan fingerprint density at radius 3 is 1.85 bits per heavy atom. The van der Waals surface area contributed by atoms with E-state index in [0.29, 0.717) is 5.41 Å². The predicted octanol–water partition coefficient (Wildman–Crippen LogP) is 3.08. The average Bonchev–Trinajstić information content (AvgIpc) is 2.07. The molecule has 2 N–H and O–H groups in total. The maximum Gasteiger partial charge on any atom is 0.0155 e. The van der Waals surface area contributed by atoms with E-state index >= 15 is 0 Å². The number of rotatable bonds is 2. The minimum atomic E-state index is 0.249. The van der Waals surface area contributed by atoms with E-state index in [1.54, 1.807) is 0 Å². The Morgan fingerprint density at radius 1 is 1.00 bits per heavy atom. The summed E-state index contributed by atoms with van der Waals surface area (Å²) < 4.78 is 0. The fourth-order valence-corrected chi connectivity index (χ4v) is 3.46. The molecule has 13 heavy (non-hydrogen) atoms. The van der Waals surface area contributed by atoms with Crippen molar-refractivity contribution in [2.75, 3.05) is 0 Å². The first-order valence-electron chi connectivity index (χ1n) is 5.83. The Balaban J connectivity index is 2.03. The summed E-state index contributed by atoms with van der Waals surface area (Å²) in [5.41, 5.74) is 7.24. The second-order valence-electron chi connectivity index (χ2n) is 5.96. The second kappa shape index (κ2) is 2.98. The van der Waals surface area contributed by atoms with Crippen molar-refractivity contribution in [2.45, 2.75) is 64.3 Å². The van der Waals surface area contributed by atoms with Gasteiger partial charge in [0, 0.05) is 5.54 Å². The Hall–Kier alpha value is -0.0400. The zero-order valence-electron chi connectivity index (χ0n) is 9.10. The summed E-state index contributed by atoms with van der Waals surface area (Å²) >= 11 is 0. The number of fused-ring (bicyclic) bond motifs is 3. The Morgan fingerprint density at radius 2 is 1.46 bits per heavy atom. The van der Waals surface area contributed by atoms with Crippen LogP contribution in [0.2, 0.25) is 0 Å². The summed E-state index contributed by atoms with van der Waals surface area (Å²) in [6, 6.07) is 0. The van der Waals surface area contributed by atoms with Crippen LogP contribution in [-0.2, 0) is 0 Å².